The molecule has 0 spiro atoms. The highest BCUT2D eigenvalue weighted by atomic mass is 35.5. The maximum absolute atomic E-state index is 6.25. The Morgan fingerprint density at radius 1 is 1.37 bits per heavy atom. The van der Waals surface area contributed by atoms with E-state index in [4.69, 9.17) is 25.6 Å². The number of hydrogen-bond donors (Lipinski definition) is 0. The predicted octanol–water partition coefficient (Wildman–Crippen LogP) is 2.79. The van der Waals surface area contributed by atoms with Gasteiger partial charge in [0.25, 0.3) is 0 Å². The summed E-state index contributed by atoms with van der Waals surface area (Å²) in [6.45, 7) is 6.08. The molecule has 0 amide bonds. The molecule has 102 valence electrons. The van der Waals surface area contributed by atoms with Crippen LogP contribution in [0.25, 0.3) is 0 Å². The zero-order valence-electron chi connectivity index (χ0n) is 11.5. The first-order chi connectivity index (χ1) is 8.95. The molecule has 1 unspecified atom stereocenters. The van der Waals surface area contributed by atoms with Crippen molar-refractivity contribution in [3.8, 4) is 5.75 Å². The Kier molecular flexibility index (Phi) is 3.28. The van der Waals surface area contributed by atoms with Crippen LogP contribution in [0.2, 0.25) is 5.02 Å². The van der Waals surface area contributed by atoms with Crippen LogP contribution in [0, 0.1) is 0 Å². The first-order valence-electron chi connectivity index (χ1n) is 6.75. The fourth-order valence-corrected chi connectivity index (χ4v) is 2.25. The quantitative estimate of drug-likeness (QED) is 0.797. The molecule has 2 aliphatic rings. The van der Waals surface area contributed by atoms with Crippen molar-refractivity contribution in [3.05, 3.63) is 23.2 Å². The summed E-state index contributed by atoms with van der Waals surface area (Å²) in [6, 6.07) is 5.74. The van der Waals surface area contributed by atoms with Crippen LogP contribution in [0.15, 0.2) is 18.2 Å². The number of hydrogen-bond acceptors (Lipinski definition) is 3. The van der Waals surface area contributed by atoms with Gasteiger partial charge in [0.05, 0.1) is 22.8 Å². The van der Waals surface area contributed by atoms with Crippen molar-refractivity contribution >= 4 is 24.2 Å². The molecule has 1 saturated carbocycles. The number of benzene rings is 1. The minimum absolute atomic E-state index is 0.0543. The van der Waals surface area contributed by atoms with Crippen molar-refractivity contribution in [2.75, 3.05) is 0 Å². The SMILES string of the molecule is CC1OB(c2ccc(OC3CC3)c(Cl)c2)OC1(C)C. The normalized spacial score (nSPS) is 25.7. The zero-order valence-corrected chi connectivity index (χ0v) is 12.2. The lowest BCUT2D eigenvalue weighted by atomic mass is 9.79. The summed E-state index contributed by atoms with van der Waals surface area (Å²) in [4.78, 5) is 0. The Bertz CT molecular complexity index is 488. The Balaban J connectivity index is 1.76. The van der Waals surface area contributed by atoms with Crippen molar-refractivity contribution < 1.29 is 14.0 Å². The van der Waals surface area contributed by atoms with Crippen LogP contribution in [-0.4, -0.2) is 24.9 Å². The predicted molar refractivity (Wildman–Crippen MR) is 76.2 cm³/mol. The van der Waals surface area contributed by atoms with Crippen LogP contribution in [0.5, 0.6) is 5.75 Å². The lowest BCUT2D eigenvalue weighted by Crippen LogP contribution is -2.34. The molecular weight excluding hydrogens is 262 g/mol. The van der Waals surface area contributed by atoms with E-state index in [-0.39, 0.29) is 18.8 Å². The Morgan fingerprint density at radius 3 is 2.63 bits per heavy atom. The fourth-order valence-electron chi connectivity index (χ4n) is 2.02. The van der Waals surface area contributed by atoms with Gasteiger partial charge in [0.2, 0.25) is 0 Å². The topological polar surface area (TPSA) is 27.7 Å². The van der Waals surface area contributed by atoms with Crippen molar-refractivity contribution in [2.45, 2.75) is 51.4 Å². The van der Waals surface area contributed by atoms with Crippen molar-refractivity contribution in [2.24, 2.45) is 0 Å². The van der Waals surface area contributed by atoms with E-state index in [1.807, 2.05) is 39.0 Å². The summed E-state index contributed by atoms with van der Waals surface area (Å²) >= 11 is 6.25. The van der Waals surface area contributed by atoms with E-state index in [0.29, 0.717) is 11.1 Å². The second-order valence-electron chi connectivity index (χ2n) is 5.84. The van der Waals surface area contributed by atoms with Gasteiger partial charge in [0.15, 0.2) is 0 Å². The van der Waals surface area contributed by atoms with Crippen LogP contribution in [0.3, 0.4) is 0 Å². The molecule has 5 heteroatoms. The van der Waals surface area contributed by atoms with E-state index in [2.05, 4.69) is 0 Å². The van der Waals surface area contributed by atoms with Crippen LogP contribution >= 0.6 is 11.6 Å². The van der Waals surface area contributed by atoms with Gasteiger partial charge in [-0.25, -0.2) is 0 Å². The molecule has 1 heterocycles. The Labute approximate surface area is 119 Å². The van der Waals surface area contributed by atoms with Gasteiger partial charge in [-0.15, -0.1) is 0 Å². The van der Waals surface area contributed by atoms with Crippen molar-refractivity contribution in [3.63, 3.8) is 0 Å². The second kappa shape index (κ2) is 4.69. The standard InChI is InChI=1S/C14H18BClO3/c1-9-14(2,3)19-15(18-9)10-4-7-13(12(16)8-10)17-11-5-6-11/h4,7-9,11H,5-6H2,1-3H3. The lowest BCUT2D eigenvalue weighted by molar-refractivity contribution is 0.0842. The van der Waals surface area contributed by atoms with Gasteiger partial charge >= 0.3 is 7.12 Å². The molecule has 0 bridgehead atoms. The molecule has 1 aliphatic heterocycles. The van der Waals surface area contributed by atoms with Crippen LogP contribution in [-0.2, 0) is 9.31 Å². The number of halogens is 1. The van der Waals surface area contributed by atoms with E-state index >= 15 is 0 Å². The third kappa shape index (κ3) is 2.76. The maximum Gasteiger partial charge on any atom is 0.494 e. The fraction of sp³-hybridized carbons (Fsp3) is 0.571. The highest BCUT2D eigenvalue weighted by Gasteiger charge is 2.44. The molecule has 1 aromatic rings. The molecule has 1 aliphatic carbocycles. The Morgan fingerprint density at radius 2 is 2.11 bits per heavy atom. The van der Waals surface area contributed by atoms with E-state index in [0.717, 1.165) is 24.1 Å². The third-order valence-corrected chi connectivity index (χ3v) is 4.06. The zero-order chi connectivity index (χ0) is 13.6. The van der Waals surface area contributed by atoms with Gasteiger partial charge in [0, 0.05) is 0 Å². The Hall–Kier alpha value is -0.705. The van der Waals surface area contributed by atoms with Gasteiger partial charge in [-0.1, -0.05) is 17.7 Å². The molecular formula is C14H18BClO3. The first-order valence-corrected chi connectivity index (χ1v) is 7.13. The summed E-state index contributed by atoms with van der Waals surface area (Å²) in [5, 5.41) is 0.619. The summed E-state index contributed by atoms with van der Waals surface area (Å²) in [7, 11) is -0.350. The molecule has 0 aromatic heterocycles. The largest absolute Gasteiger partial charge is 0.494 e. The molecule has 1 atom stereocenters. The van der Waals surface area contributed by atoms with E-state index in [9.17, 15) is 0 Å². The highest BCUT2D eigenvalue weighted by Crippen LogP contribution is 2.32. The molecule has 19 heavy (non-hydrogen) atoms. The van der Waals surface area contributed by atoms with Gasteiger partial charge in [0.1, 0.15) is 5.75 Å². The molecule has 0 radical (unpaired) electrons. The molecule has 1 aromatic carbocycles. The first kappa shape index (κ1) is 13.3. The molecule has 3 nitrogen and oxygen atoms in total. The van der Waals surface area contributed by atoms with Crippen LogP contribution in [0.1, 0.15) is 33.6 Å². The molecule has 2 fully saturated rings. The van der Waals surface area contributed by atoms with E-state index in [1.54, 1.807) is 0 Å². The maximum atomic E-state index is 6.25. The monoisotopic (exact) mass is 280 g/mol. The number of rotatable bonds is 3. The minimum Gasteiger partial charge on any atom is -0.489 e. The molecule has 1 saturated heterocycles. The summed E-state index contributed by atoms with van der Waals surface area (Å²) < 4.78 is 17.5. The molecule has 3 rings (SSSR count). The van der Waals surface area contributed by atoms with Crippen molar-refractivity contribution in [1.82, 2.24) is 0 Å². The van der Waals surface area contributed by atoms with Gasteiger partial charge in [-0.3, -0.25) is 0 Å². The van der Waals surface area contributed by atoms with Crippen LogP contribution < -0.4 is 10.2 Å². The second-order valence-corrected chi connectivity index (χ2v) is 6.25. The smallest absolute Gasteiger partial charge is 0.489 e. The summed E-state index contributed by atoms with van der Waals surface area (Å²) in [6.07, 6.45) is 2.65. The van der Waals surface area contributed by atoms with E-state index < -0.39 is 0 Å². The average Bonchev–Trinajstić information content (AvgIpc) is 3.10. The van der Waals surface area contributed by atoms with Crippen LogP contribution in [0.4, 0.5) is 0 Å². The highest BCUT2D eigenvalue weighted by molar-refractivity contribution is 6.62. The third-order valence-electron chi connectivity index (χ3n) is 3.76. The minimum atomic E-state index is -0.350. The van der Waals surface area contributed by atoms with Crippen molar-refractivity contribution in [1.29, 1.82) is 0 Å². The average molecular weight is 281 g/mol. The van der Waals surface area contributed by atoms with E-state index in [1.165, 1.54) is 0 Å². The summed E-state index contributed by atoms with van der Waals surface area (Å²) in [5.74, 6) is 0.748. The molecule has 0 N–H and O–H groups in total. The van der Waals surface area contributed by atoms with Gasteiger partial charge < -0.3 is 14.0 Å². The number of ether oxygens (including phenoxy) is 1. The summed E-state index contributed by atoms with van der Waals surface area (Å²) in [5.41, 5.74) is 0.658. The lowest BCUT2D eigenvalue weighted by Gasteiger charge is -2.21. The van der Waals surface area contributed by atoms with Gasteiger partial charge in [-0.05, 0) is 51.2 Å². The van der Waals surface area contributed by atoms with Gasteiger partial charge in [-0.2, -0.15) is 0 Å².